The van der Waals surface area contributed by atoms with Crippen molar-refractivity contribution in [1.29, 1.82) is 0 Å². The first-order chi connectivity index (χ1) is 13.2. The maximum absolute atomic E-state index is 12.8. The molecule has 0 bridgehead atoms. The number of amides is 2. The van der Waals surface area contributed by atoms with Crippen LogP contribution in [-0.4, -0.2) is 24.4 Å². The van der Waals surface area contributed by atoms with E-state index in [0.29, 0.717) is 5.69 Å². The van der Waals surface area contributed by atoms with Crippen LogP contribution in [0.5, 0.6) is 0 Å². The van der Waals surface area contributed by atoms with Crippen LogP contribution in [0.1, 0.15) is 36.2 Å². The van der Waals surface area contributed by atoms with Crippen molar-refractivity contribution < 1.29 is 22.8 Å². The third-order valence-corrected chi connectivity index (χ3v) is 4.08. The van der Waals surface area contributed by atoms with Crippen molar-refractivity contribution in [2.24, 2.45) is 0 Å². The van der Waals surface area contributed by atoms with Crippen molar-refractivity contribution >= 4 is 23.2 Å². The van der Waals surface area contributed by atoms with Crippen molar-refractivity contribution in [2.75, 3.05) is 17.2 Å². The monoisotopic (exact) mass is 393 g/mol. The van der Waals surface area contributed by atoms with E-state index < -0.39 is 17.6 Å². The molecule has 0 aliphatic heterocycles. The summed E-state index contributed by atoms with van der Waals surface area (Å²) in [5.41, 5.74) is -0.176. The lowest BCUT2D eigenvalue weighted by molar-refractivity contribution is -0.137. The minimum Gasteiger partial charge on any atom is -0.325 e. The molecule has 0 saturated carbocycles. The Hall–Kier alpha value is -2.87. The second kappa shape index (κ2) is 9.36. The van der Waals surface area contributed by atoms with Crippen LogP contribution in [0.3, 0.4) is 0 Å². The van der Waals surface area contributed by atoms with Gasteiger partial charge in [-0.05, 0) is 49.7 Å². The highest BCUT2D eigenvalue weighted by atomic mass is 19.4. The van der Waals surface area contributed by atoms with Gasteiger partial charge in [-0.2, -0.15) is 13.2 Å². The summed E-state index contributed by atoms with van der Waals surface area (Å²) in [6.45, 7) is 4.10. The number of carbonyl (C=O) groups excluding carboxylic acids is 2. The summed E-state index contributed by atoms with van der Waals surface area (Å²) in [5.74, 6) is -0.830. The topological polar surface area (TPSA) is 70.2 Å². The Labute approximate surface area is 161 Å². The van der Waals surface area contributed by atoms with E-state index in [9.17, 15) is 22.8 Å². The summed E-state index contributed by atoms with van der Waals surface area (Å²) >= 11 is 0. The number of halogens is 3. The highest BCUT2D eigenvalue weighted by Crippen LogP contribution is 2.30. The lowest BCUT2D eigenvalue weighted by Gasteiger charge is -2.12. The van der Waals surface area contributed by atoms with Crippen LogP contribution >= 0.6 is 0 Å². The number of carbonyl (C=O) groups is 2. The number of alkyl halides is 3. The molecule has 2 aromatic rings. The van der Waals surface area contributed by atoms with Crippen LogP contribution in [0, 0.1) is 0 Å². The van der Waals surface area contributed by atoms with Gasteiger partial charge in [0, 0.05) is 23.0 Å². The Kier molecular flexibility index (Phi) is 7.17. The lowest BCUT2D eigenvalue weighted by Crippen LogP contribution is -2.34. The molecule has 1 unspecified atom stereocenters. The van der Waals surface area contributed by atoms with Gasteiger partial charge < -0.3 is 16.0 Å². The quantitative estimate of drug-likeness (QED) is 0.657. The molecule has 5 nitrogen and oxygen atoms in total. The van der Waals surface area contributed by atoms with Crippen LogP contribution in [0.4, 0.5) is 24.5 Å². The minimum absolute atomic E-state index is 0.0343. The average Bonchev–Trinajstić information content (AvgIpc) is 2.65. The Morgan fingerprint density at radius 2 is 1.64 bits per heavy atom. The number of anilines is 2. The summed E-state index contributed by atoms with van der Waals surface area (Å²) in [6, 6.07) is 10.8. The van der Waals surface area contributed by atoms with Crippen molar-refractivity contribution in [3.63, 3.8) is 0 Å². The average molecular weight is 393 g/mol. The molecule has 0 aromatic heterocycles. The molecule has 0 spiro atoms. The van der Waals surface area contributed by atoms with Gasteiger partial charge >= 0.3 is 6.18 Å². The van der Waals surface area contributed by atoms with Gasteiger partial charge in [-0.25, -0.2) is 0 Å². The fourth-order valence-corrected chi connectivity index (χ4v) is 2.33. The summed E-state index contributed by atoms with van der Waals surface area (Å²) in [7, 11) is 0. The Balaban J connectivity index is 2.03. The predicted molar refractivity (Wildman–Crippen MR) is 102 cm³/mol. The molecule has 0 aliphatic carbocycles. The first-order valence-electron chi connectivity index (χ1n) is 8.81. The number of hydrogen-bond donors (Lipinski definition) is 3. The normalized spacial score (nSPS) is 12.3. The van der Waals surface area contributed by atoms with Gasteiger partial charge in [0.1, 0.15) is 0 Å². The van der Waals surface area contributed by atoms with E-state index in [1.165, 1.54) is 24.3 Å². The lowest BCUT2D eigenvalue weighted by atomic mass is 10.1. The number of hydrogen-bond acceptors (Lipinski definition) is 3. The molecule has 28 heavy (non-hydrogen) atoms. The van der Waals surface area contributed by atoms with Gasteiger partial charge in [0.2, 0.25) is 5.91 Å². The van der Waals surface area contributed by atoms with E-state index in [1.54, 1.807) is 12.1 Å². The minimum atomic E-state index is -4.49. The molecule has 0 saturated heterocycles. The van der Waals surface area contributed by atoms with Gasteiger partial charge in [0.05, 0.1) is 12.1 Å². The van der Waals surface area contributed by atoms with Crippen molar-refractivity contribution in [3.8, 4) is 0 Å². The second-order valence-corrected chi connectivity index (χ2v) is 6.35. The Bertz CT molecular complexity index is 837. The molecule has 1 atom stereocenters. The third kappa shape index (κ3) is 6.38. The molecule has 2 rings (SSSR count). The van der Waals surface area contributed by atoms with Crippen LogP contribution in [0.15, 0.2) is 48.5 Å². The van der Waals surface area contributed by atoms with Crippen molar-refractivity contribution in [2.45, 2.75) is 32.5 Å². The predicted octanol–water partition coefficient (Wildman–Crippen LogP) is 4.28. The Morgan fingerprint density at radius 1 is 1.00 bits per heavy atom. The fourth-order valence-electron chi connectivity index (χ4n) is 2.33. The van der Waals surface area contributed by atoms with Crippen molar-refractivity contribution in [1.82, 2.24) is 5.32 Å². The third-order valence-electron chi connectivity index (χ3n) is 4.08. The molecule has 0 heterocycles. The maximum atomic E-state index is 12.8. The van der Waals surface area contributed by atoms with Crippen LogP contribution in [0.2, 0.25) is 0 Å². The first kappa shape index (κ1) is 21.4. The molecule has 0 fully saturated rings. The van der Waals surface area contributed by atoms with E-state index >= 15 is 0 Å². The zero-order valence-corrected chi connectivity index (χ0v) is 15.6. The molecule has 0 aliphatic rings. The molecule has 8 heteroatoms. The van der Waals surface area contributed by atoms with E-state index in [2.05, 4.69) is 16.0 Å². The van der Waals surface area contributed by atoms with E-state index in [1.807, 2.05) is 13.8 Å². The SMILES string of the molecule is CCC(C)NCC(=O)Nc1cccc(C(=O)Nc2cccc(C(F)(F)F)c2)c1. The second-order valence-electron chi connectivity index (χ2n) is 6.35. The molecule has 3 N–H and O–H groups in total. The molecular formula is C20H22F3N3O2. The number of rotatable bonds is 7. The van der Waals surface area contributed by atoms with Crippen LogP contribution in [-0.2, 0) is 11.0 Å². The summed E-state index contributed by atoms with van der Waals surface area (Å²) in [6.07, 6.45) is -3.60. The standard InChI is InChI=1S/C20H22F3N3O2/c1-3-13(2)24-12-18(27)25-16-8-4-6-14(10-16)19(28)26-17-9-5-7-15(11-17)20(21,22)23/h4-11,13,24H,3,12H2,1-2H3,(H,25,27)(H,26,28). The number of benzene rings is 2. The van der Waals surface area contributed by atoms with Crippen LogP contribution in [0.25, 0.3) is 0 Å². The number of nitrogens with one attached hydrogen (secondary N) is 3. The fraction of sp³-hybridized carbons (Fsp3) is 0.300. The van der Waals surface area contributed by atoms with Gasteiger partial charge in [0.25, 0.3) is 5.91 Å². The molecular weight excluding hydrogens is 371 g/mol. The zero-order valence-electron chi connectivity index (χ0n) is 15.6. The highest BCUT2D eigenvalue weighted by molar-refractivity contribution is 6.05. The van der Waals surface area contributed by atoms with Gasteiger partial charge in [-0.1, -0.05) is 19.1 Å². The molecule has 150 valence electrons. The molecule has 0 radical (unpaired) electrons. The maximum Gasteiger partial charge on any atom is 0.416 e. The van der Waals surface area contributed by atoms with Gasteiger partial charge in [0.15, 0.2) is 0 Å². The smallest absolute Gasteiger partial charge is 0.325 e. The van der Waals surface area contributed by atoms with Crippen molar-refractivity contribution in [3.05, 3.63) is 59.7 Å². The first-order valence-corrected chi connectivity index (χ1v) is 8.81. The zero-order chi connectivity index (χ0) is 20.7. The summed E-state index contributed by atoms with van der Waals surface area (Å²) in [4.78, 5) is 24.3. The van der Waals surface area contributed by atoms with E-state index in [-0.39, 0.29) is 29.7 Å². The highest BCUT2D eigenvalue weighted by Gasteiger charge is 2.30. The van der Waals surface area contributed by atoms with E-state index in [4.69, 9.17) is 0 Å². The summed E-state index contributed by atoms with van der Waals surface area (Å²) in [5, 5.41) is 8.17. The molecule has 2 amide bonds. The van der Waals surface area contributed by atoms with Gasteiger partial charge in [-0.15, -0.1) is 0 Å². The van der Waals surface area contributed by atoms with Crippen LogP contribution < -0.4 is 16.0 Å². The Morgan fingerprint density at radius 3 is 2.29 bits per heavy atom. The molecule has 2 aromatic carbocycles. The largest absolute Gasteiger partial charge is 0.416 e. The van der Waals surface area contributed by atoms with E-state index in [0.717, 1.165) is 18.6 Å². The summed E-state index contributed by atoms with van der Waals surface area (Å²) < 4.78 is 38.3. The van der Waals surface area contributed by atoms with Gasteiger partial charge in [-0.3, -0.25) is 9.59 Å².